The first-order chi connectivity index (χ1) is 8.90. The van der Waals surface area contributed by atoms with E-state index in [-0.39, 0.29) is 28.8 Å². The Morgan fingerprint density at radius 2 is 2.11 bits per heavy atom. The molecule has 0 aromatic carbocycles. The molecule has 1 rings (SSSR count). The van der Waals surface area contributed by atoms with Crippen LogP contribution in [0.2, 0.25) is 5.02 Å². The number of carbonyl (C=O) groups excluding carboxylic acids is 1. The van der Waals surface area contributed by atoms with Gasteiger partial charge in [-0.25, -0.2) is 18.1 Å². The number of aromatic nitrogens is 1. The summed E-state index contributed by atoms with van der Waals surface area (Å²) >= 11 is 5.86. The number of nitrogens with zero attached hydrogens (tertiary/aromatic N) is 1. The monoisotopic (exact) mass is 306 g/mol. The number of pyridine rings is 1. The number of rotatable bonds is 6. The third-order valence-electron chi connectivity index (χ3n) is 2.29. The number of carbonyl (C=O) groups is 1. The number of sulfonamides is 1. The van der Waals surface area contributed by atoms with Crippen molar-refractivity contribution in [3.05, 3.63) is 17.3 Å². The molecule has 1 aromatic heterocycles. The van der Waals surface area contributed by atoms with Crippen LogP contribution < -0.4 is 15.4 Å². The van der Waals surface area contributed by atoms with Crippen molar-refractivity contribution >= 4 is 33.3 Å². The summed E-state index contributed by atoms with van der Waals surface area (Å²) in [6.45, 7) is 0.00735. The number of nitrogens with one attached hydrogen (secondary N) is 3. The zero-order valence-corrected chi connectivity index (χ0v) is 12.1. The highest BCUT2D eigenvalue weighted by molar-refractivity contribution is 7.89. The second kappa shape index (κ2) is 6.69. The predicted octanol–water partition coefficient (Wildman–Crippen LogP) is 0.191. The van der Waals surface area contributed by atoms with Gasteiger partial charge in [0.2, 0.25) is 15.9 Å². The average molecular weight is 307 g/mol. The fourth-order valence-corrected chi connectivity index (χ4v) is 2.59. The third-order valence-corrected chi connectivity index (χ3v) is 4.00. The minimum atomic E-state index is -3.72. The lowest BCUT2D eigenvalue weighted by molar-refractivity contribution is -0.120. The molecule has 0 unspecified atom stereocenters. The molecule has 0 fully saturated rings. The Bertz CT molecular complexity index is 562. The van der Waals surface area contributed by atoms with E-state index in [1.807, 2.05) is 0 Å². The maximum Gasteiger partial charge on any atom is 0.242 e. The highest BCUT2D eigenvalue weighted by atomic mass is 35.5. The van der Waals surface area contributed by atoms with Gasteiger partial charge in [-0.2, -0.15) is 0 Å². The van der Waals surface area contributed by atoms with Gasteiger partial charge in [0, 0.05) is 33.3 Å². The number of anilines is 1. The van der Waals surface area contributed by atoms with E-state index in [0.717, 1.165) is 0 Å². The van der Waals surface area contributed by atoms with Gasteiger partial charge in [-0.15, -0.1) is 0 Å². The topological polar surface area (TPSA) is 100 Å². The van der Waals surface area contributed by atoms with Crippen LogP contribution in [-0.2, 0) is 14.8 Å². The molecule has 9 heteroatoms. The number of hydrogen-bond donors (Lipinski definition) is 3. The van der Waals surface area contributed by atoms with Gasteiger partial charge in [-0.05, 0) is 6.07 Å². The molecular formula is C10H15ClN4O3S. The molecule has 0 atom stereocenters. The van der Waals surface area contributed by atoms with Crippen LogP contribution in [0.25, 0.3) is 0 Å². The van der Waals surface area contributed by atoms with E-state index >= 15 is 0 Å². The van der Waals surface area contributed by atoms with Crippen molar-refractivity contribution in [2.24, 2.45) is 0 Å². The van der Waals surface area contributed by atoms with Gasteiger partial charge in [0.15, 0.2) is 0 Å². The van der Waals surface area contributed by atoms with Gasteiger partial charge in [0.05, 0.1) is 5.02 Å². The van der Waals surface area contributed by atoms with E-state index in [1.54, 1.807) is 7.05 Å². The molecule has 0 radical (unpaired) electrons. The maximum absolute atomic E-state index is 11.9. The van der Waals surface area contributed by atoms with Crippen molar-refractivity contribution in [3.8, 4) is 0 Å². The van der Waals surface area contributed by atoms with Crippen LogP contribution in [0.1, 0.15) is 6.42 Å². The Hall–Kier alpha value is -1.38. The average Bonchev–Trinajstić information content (AvgIpc) is 2.38. The second-order valence-electron chi connectivity index (χ2n) is 3.57. The van der Waals surface area contributed by atoms with E-state index in [4.69, 9.17) is 11.6 Å². The summed E-state index contributed by atoms with van der Waals surface area (Å²) in [7, 11) is -0.604. The summed E-state index contributed by atoms with van der Waals surface area (Å²) in [5, 5.41) is 5.33. The van der Waals surface area contributed by atoms with Gasteiger partial charge in [-0.3, -0.25) is 4.79 Å². The molecule has 1 heterocycles. The Morgan fingerprint density at radius 3 is 2.63 bits per heavy atom. The first-order valence-corrected chi connectivity index (χ1v) is 7.30. The summed E-state index contributed by atoms with van der Waals surface area (Å²) in [5.74, 6) is 0.148. The van der Waals surface area contributed by atoms with Crippen molar-refractivity contribution in [1.82, 2.24) is 15.0 Å². The van der Waals surface area contributed by atoms with Crippen LogP contribution in [0.5, 0.6) is 0 Å². The van der Waals surface area contributed by atoms with Gasteiger partial charge in [0.25, 0.3) is 0 Å². The molecule has 3 N–H and O–H groups in total. The summed E-state index contributed by atoms with van der Waals surface area (Å²) < 4.78 is 26.1. The minimum Gasteiger partial charge on any atom is -0.372 e. The van der Waals surface area contributed by atoms with Crippen LogP contribution >= 0.6 is 11.6 Å². The van der Waals surface area contributed by atoms with Gasteiger partial charge < -0.3 is 10.6 Å². The molecule has 1 aromatic rings. The molecule has 0 saturated carbocycles. The third kappa shape index (κ3) is 4.34. The fourth-order valence-electron chi connectivity index (χ4n) is 1.26. The molecule has 0 aliphatic carbocycles. The number of amides is 1. The first-order valence-electron chi connectivity index (χ1n) is 5.44. The molecule has 106 valence electrons. The van der Waals surface area contributed by atoms with Crippen molar-refractivity contribution in [2.75, 3.05) is 26.0 Å². The van der Waals surface area contributed by atoms with Crippen LogP contribution in [-0.4, -0.2) is 39.9 Å². The van der Waals surface area contributed by atoms with Gasteiger partial charge >= 0.3 is 0 Å². The lowest BCUT2D eigenvalue weighted by Crippen LogP contribution is -2.29. The summed E-state index contributed by atoms with van der Waals surface area (Å²) in [6.07, 6.45) is 1.26. The zero-order valence-electron chi connectivity index (χ0n) is 10.5. The number of hydrogen-bond acceptors (Lipinski definition) is 5. The van der Waals surface area contributed by atoms with E-state index < -0.39 is 10.0 Å². The van der Waals surface area contributed by atoms with Crippen molar-refractivity contribution in [2.45, 2.75) is 11.3 Å². The van der Waals surface area contributed by atoms with Gasteiger partial charge in [0.1, 0.15) is 10.7 Å². The SMILES string of the molecule is CNC(=O)CCNS(=O)(=O)c1cnc(NC)c(Cl)c1. The summed E-state index contributed by atoms with van der Waals surface area (Å²) in [6, 6.07) is 1.29. The predicted molar refractivity (Wildman–Crippen MR) is 72.7 cm³/mol. The highest BCUT2D eigenvalue weighted by Gasteiger charge is 2.16. The van der Waals surface area contributed by atoms with E-state index in [0.29, 0.717) is 5.82 Å². The maximum atomic E-state index is 11.9. The minimum absolute atomic E-state index is 0.00735. The second-order valence-corrected chi connectivity index (χ2v) is 5.75. The molecular weight excluding hydrogens is 292 g/mol. The smallest absolute Gasteiger partial charge is 0.242 e. The van der Waals surface area contributed by atoms with Crippen molar-refractivity contribution in [1.29, 1.82) is 0 Å². The zero-order chi connectivity index (χ0) is 14.5. The van der Waals surface area contributed by atoms with E-state index in [1.165, 1.54) is 19.3 Å². The Balaban J connectivity index is 2.77. The molecule has 0 aliphatic rings. The molecule has 0 aliphatic heterocycles. The van der Waals surface area contributed by atoms with Crippen LogP contribution in [0.4, 0.5) is 5.82 Å². The van der Waals surface area contributed by atoms with Gasteiger partial charge in [-0.1, -0.05) is 11.6 Å². The quantitative estimate of drug-likeness (QED) is 0.696. The van der Waals surface area contributed by atoms with Crippen molar-refractivity contribution in [3.63, 3.8) is 0 Å². The normalized spacial score (nSPS) is 11.1. The Kier molecular flexibility index (Phi) is 5.52. The summed E-state index contributed by atoms with van der Waals surface area (Å²) in [5.41, 5.74) is 0. The van der Waals surface area contributed by atoms with E-state index in [9.17, 15) is 13.2 Å². The lowest BCUT2D eigenvalue weighted by atomic mass is 10.4. The first kappa shape index (κ1) is 15.7. The Labute approximate surface area is 116 Å². The molecule has 19 heavy (non-hydrogen) atoms. The molecule has 7 nitrogen and oxygen atoms in total. The Morgan fingerprint density at radius 1 is 1.42 bits per heavy atom. The van der Waals surface area contributed by atoms with Crippen molar-refractivity contribution < 1.29 is 13.2 Å². The molecule has 0 saturated heterocycles. The highest BCUT2D eigenvalue weighted by Crippen LogP contribution is 2.21. The van der Waals surface area contributed by atoms with Crippen LogP contribution in [0, 0.1) is 0 Å². The lowest BCUT2D eigenvalue weighted by Gasteiger charge is -2.08. The fraction of sp³-hybridized carbons (Fsp3) is 0.400. The van der Waals surface area contributed by atoms with E-state index in [2.05, 4.69) is 20.3 Å². The largest absolute Gasteiger partial charge is 0.372 e. The van der Waals surface area contributed by atoms with Crippen LogP contribution in [0.3, 0.4) is 0 Å². The molecule has 1 amide bonds. The number of halogens is 1. The summed E-state index contributed by atoms with van der Waals surface area (Å²) in [4.78, 5) is 14.8. The van der Waals surface area contributed by atoms with Crippen LogP contribution in [0.15, 0.2) is 17.2 Å². The standard InChI is InChI=1S/C10H15ClN4O3S/c1-12-9(16)3-4-15-19(17,18)7-5-8(11)10(13-2)14-6-7/h5-6,15H,3-4H2,1-2H3,(H,12,16)(H,13,14). The molecule has 0 bridgehead atoms. The molecule has 0 spiro atoms.